The molecule has 1 heterocycles. The molecule has 1 atom stereocenters. The van der Waals surface area contributed by atoms with Gasteiger partial charge >= 0.3 is 0 Å². The van der Waals surface area contributed by atoms with E-state index in [2.05, 4.69) is 4.98 Å². The Morgan fingerprint density at radius 3 is 2.88 bits per heavy atom. The lowest BCUT2D eigenvalue weighted by molar-refractivity contribution is -0.0441. The molecule has 5 nitrogen and oxygen atoms in total. The van der Waals surface area contributed by atoms with Gasteiger partial charge in [-0.2, -0.15) is 0 Å². The van der Waals surface area contributed by atoms with Crippen molar-refractivity contribution >= 4 is 11.0 Å². The Kier molecular flexibility index (Phi) is 3.51. The molecule has 2 aromatic rings. The number of aromatic nitrogens is 2. The first kappa shape index (κ1) is 11.1. The Bertz CT molecular complexity index is 455. The SMILES string of the molecule is OCCOC(CO)n1cnc2ccccc21. The molecule has 2 rings (SSSR count). The van der Waals surface area contributed by atoms with Gasteiger partial charge in [0, 0.05) is 0 Å². The smallest absolute Gasteiger partial charge is 0.158 e. The number of benzene rings is 1. The van der Waals surface area contributed by atoms with Crippen LogP contribution >= 0.6 is 0 Å². The third-order valence-electron chi connectivity index (χ3n) is 2.35. The van der Waals surface area contributed by atoms with Crippen LogP contribution in [0.2, 0.25) is 0 Å². The average molecular weight is 222 g/mol. The topological polar surface area (TPSA) is 67.5 Å². The minimum atomic E-state index is -0.500. The molecule has 16 heavy (non-hydrogen) atoms. The molecular formula is C11H14N2O3. The number of imidazole rings is 1. The fraction of sp³-hybridized carbons (Fsp3) is 0.364. The van der Waals surface area contributed by atoms with Crippen LogP contribution in [-0.2, 0) is 4.74 Å². The van der Waals surface area contributed by atoms with Crippen molar-refractivity contribution in [2.75, 3.05) is 19.8 Å². The van der Waals surface area contributed by atoms with Crippen LogP contribution in [0.15, 0.2) is 30.6 Å². The van der Waals surface area contributed by atoms with Gasteiger partial charge in [0.05, 0.1) is 37.2 Å². The minimum absolute atomic E-state index is 0.0663. The second-order valence-corrected chi connectivity index (χ2v) is 3.37. The first-order valence-electron chi connectivity index (χ1n) is 5.11. The van der Waals surface area contributed by atoms with Gasteiger partial charge in [-0.05, 0) is 12.1 Å². The van der Waals surface area contributed by atoms with E-state index < -0.39 is 6.23 Å². The molecule has 0 radical (unpaired) electrons. The highest BCUT2D eigenvalue weighted by molar-refractivity contribution is 5.75. The van der Waals surface area contributed by atoms with Gasteiger partial charge in [-0.3, -0.25) is 0 Å². The van der Waals surface area contributed by atoms with Gasteiger partial charge in [0.15, 0.2) is 6.23 Å². The lowest BCUT2D eigenvalue weighted by Gasteiger charge is -2.16. The molecule has 0 aliphatic rings. The molecule has 0 saturated carbocycles. The molecule has 0 bridgehead atoms. The maximum Gasteiger partial charge on any atom is 0.158 e. The Balaban J connectivity index is 2.30. The molecule has 2 N–H and O–H groups in total. The van der Waals surface area contributed by atoms with E-state index in [1.54, 1.807) is 10.9 Å². The highest BCUT2D eigenvalue weighted by Gasteiger charge is 2.12. The number of hydrogen-bond donors (Lipinski definition) is 2. The van der Waals surface area contributed by atoms with Gasteiger partial charge in [0.1, 0.15) is 0 Å². The zero-order valence-corrected chi connectivity index (χ0v) is 8.78. The Morgan fingerprint density at radius 1 is 1.31 bits per heavy atom. The number of fused-ring (bicyclic) bond motifs is 1. The first-order valence-corrected chi connectivity index (χ1v) is 5.11. The van der Waals surface area contributed by atoms with E-state index in [4.69, 9.17) is 9.84 Å². The summed E-state index contributed by atoms with van der Waals surface area (Å²) in [5.41, 5.74) is 1.76. The predicted octanol–water partition coefficient (Wildman–Crippen LogP) is 0.536. The van der Waals surface area contributed by atoms with Crippen LogP contribution in [-0.4, -0.2) is 39.6 Å². The summed E-state index contributed by atoms with van der Waals surface area (Å²) in [5, 5.41) is 17.9. The maximum atomic E-state index is 9.23. The number of aliphatic hydroxyl groups is 2. The predicted molar refractivity (Wildman–Crippen MR) is 58.9 cm³/mol. The van der Waals surface area contributed by atoms with Crippen molar-refractivity contribution in [1.29, 1.82) is 0 Å². The van der Waals surface area contributed by atoms with Crippen molar-refractivity contribution < 1.29 is 14.9 Å². The zero-order chi connectivity index (χ0) is 11.4. The molecule has 1 unspecified atom stereocenters. The van der Waals surface area contributed by atoms with Crippen LogP contribution < -0.4 is 0 Å². The Morgan fingerprint density at radius 2 is 2.12 bits per heavy atom. The second-order valence-electron chi connectivity index (χ2n) is 3.37. The highest BCUT2D eigenvalue weighted by atomic mass is 16.5. The lowest BCUT2D eigenvalue weighted by atomic mass is 10.3. The molecule has 5 heteroatoms. The van der Waals surface area contributed by atoms with Crippen molar-refractivity contribution in [1.82, 2.24) is 9.55 Å². The largest absolute Gasteiger partial charge is 0.394 e. The van der Waals surface area contributed by atoms with E-state index in [-0.39, 0.29) is 19.8 Å². The van der Waals surface area contributed by atoms with Crippen molar-refractivity contribution in [3.05, 3.63) is 30.6 Å². The Labute approximate surface area is 92.9 Å². The first-order chi connectivity index (χ1) is 7.86. The van der Waals surface area contributed by atoms with Crippen molar-refractivity contribution in [2.24, 2.45) is 0 Å². The van der Waals surface area contributed by atoms with Crippen molar-refractivity contribution in [2.45, 2.75) is 6.23 Å². The number of ether oxygens (including phenoxy) is 1. The molecule has 1 aromatic carbocycles. The molecule has 0 fully saturated rings. The van der Waals surface area contributed by atoms with E-state index in [1.165, 1.54) is 0 Å². The van der Waals surface area contributed by atoms with Gasteiger partial charge < -0.3 is 19.5 Å². The fourth-order valence-electron chi connectivity index (χ4n) is 1.62. The van der Waals surface area contributed by atoms with Crippen LogP contribution in [0.5, 0.6) is 0 Å². The monoisotopic (exact) mass is 222 g/mol. The summed E-state index contributed by atoms with van der Waals surface area (Å²) >= 11 is 0. The molecular weight excluding hydrogens is 208 g/mol. The molecule has 0 aliphatic heterocycles. The average Bonchev–Trinajstić information content (AvgIpc) is 2.75. The zero-order valence-electron chi connectivity index (χ0n) is 8.78. The maximum absolute atomic E-state index is 9.23. The van der Waals surface area contributed by atoms with Crippen LogP contribution in [0.4, 0.5) is 0 Å². The van der Waals surface area contributed by atoms with E-state index in [9.17, 15) is 5.11 Å². The summed E-state index contributed by atoms with van der Waals surface area (Å²) in [5.74, 6) is 0. The number of hydrogen-bond acceptors (Lipinski definition) is 4. The van der Waals surface area contributed by atoms with Crippen molar-refractivity contribution in [3.63, 3.8) is 0 Å². The summed E-state index contributed by atoms with van der Waals surface area (Å²) in [7, 11) is 0. The lowest BCUT2D eigenvalue weighted by Crippen LogP contribution is -2.17. The normalized spacial score (nSPS) is 13.1. The van der Waals surface area contributed by atoms with Crippen LogP contribution in [0.25, 0.3) is 11.0 Å². The summed E-state index contributed by atoms with van der Waals surface area (Å²) < 4.78 is 7.07. The second kappa shape index (κ2) is 5.07. The van der Waals surface area contributed by atoms with Gasteiger partial charge in [0.2, 0.25) is 0 Å². The number of para-hydroxylation sites is 2. The Hall–Kier alpha value is -1.43. The van der Waals surface area contributed by atoms with Crippen LogP contribution in [0.1, 0.15) is 6.23 Å². The quantitative estimate of drug-likeness (QED) is 0.774. The summed E-state index contributed by atoms with van der Waals surface area (Å²) in [6.45, 7) is -0.0266. The molecule has 1 aromatic heterocycles. The number of aliphatic hydroxyl groups excluding tert-OH is 2. The van der Waals surface area contributed by atoms with Gasteiger partial charge in [-0.15, -0.1) is 0 Å². The molecule has 86 valence electrons. The van der Waals surface area contributed by atoms with E-state index in [1.807, 2.05) is 24.3 Å². The van der Waals surface area contributed by atoms with Gasteiger partial charge in [-0.25, -0.2) is 4.98 Å². The molecule has 0 amide bonds. The summed E-state index contributed by atoms with van der Waals surface area (Å²) in [6, 6.07) is 7.61. The van der Waals surface area contributed by atoms with Crippen molar-refractivity contribution in [3.8, 4) is 0 Å². The van der Waals surface area contributed by atoms with E-state index in [0.29, 0.717) is 0 Å². The van der Waals surface area contributed by atoms with E-state index >= 15 is 0 Å². The third-order valence-corrected chi connectivity index (χ3v) is 2.35. The highest BCUT2D eigenvalue weighted by Crippen LogP contribution is 2.17. The minimum Gasteiger partial charge on any atom is -0.394 e. The standard InChI is InChI=1S/C11H14N2O3/c14-5-6-16-11(7-15)13-8-12-9-3-1-2-4-10(9)13/h1-4,8,11,14-15H,5-7H2. The number of nitrogens with zero attached hydrogens (tertiary/aromatic N) is 2. The van der Waals surface area contributed by atoms with E-state index in [0.717, 1.165) is 11.0 Å². The van der Waals surface area contributed by atoms with Gasteiger partial charge in [-0.1, -0.05) is 12.1 Å². The summed E-state index contributed by atoms with van der Waals surface area (Å²) in [4.78, 5) is 4.20. The van der Waals surface area contributed by atoms with Gasteiger partial charge in [0.25, 0.3) is 0 Å². The summed E-state index contributed by atoms with van der Waals surface area (Å²) in [6.07, 6.45) is 1.13. The van der Waals surface area contributed by atoms with Crippen LogP contribution in [0.3, 0.4) is 0 Å². The molecule has 0 spiro atoms. The molecule has 0 saturated heterocycles. The number of rotatable bonds is 5. The molecule has 0 aliphatic carbocycles. The third kappa shape index (κ3) is 2.06. The van der Waals surface area contributed by atoms with Crippen LogP contribution in [0, 0.1) is 0 Å². The fourth-order valence-corrected chi connectivity index (χ4v) is 1.62.